The lowest BCUT2D eigenvalue weighted by Crippen LogP contribution is -1.89. The summed E-state index contributed by atoms with van der Waals surface area (Å²) in [6, 6.07) is 0. The number of aromatic nitrogens is 4. The monoisotopic (exact) mass is 169 g/mol. The highest BCUT2D eigenvalue weighted by atomic mass is 35.5. The SMILES string of the molecule is ClNc1ncc2cn[nH]c2n1. The minimum absolute atomic E-state index is 0.364. The summed E-state index contributed by atoms with van der Waals surface area (Å²) in [5, 5.41) is 7.33. The Morgan fingerprint density at radius 2 is 2.36 bits per heavy atom. The van der Waals surface area contributed by atoms with Crippen LogP contribution in [0.25, 0.3) is 11.0 Å². The van der Waals surface area contributed by atoms with Gasteiger partial charge >= 0.3 is 0 Å². The topological polar surface area (TPSA) is 66.5 Å². The van der Waals surface area contributed by atoms with E-state index in [-0.39, 0.29) is 0 Å². The van der Waals surface area contributed by atoms with Crippen LogP contribution in [0.3, 0.4) is 0 Å². The van der Waals surface area contributed by atoms with Gasteiger partial charge in [-0.3, -0.25) is 9.93 Å². The van der Waals surface area contributed by atoms with Crippen LogP contribution < -0.4 is 4.84 Å². The summed E-state index contributed by atoms with van der Waals surface area (Å²) in [4.78, 5) is 10.2. The Hall–Kier alpha value is -1.36. The number of halogens is 1. The van der Waals surface area contributed by atoms with Gasteiger partial charge in [-0.05, 0) is 0 Å². The van der Waals surface area contributed by atoms with E-state index in [2.05, 4.69) is 25.0 Å². The van der Waals surface area contributed by atoms with E-state index in [1.807, 2.05) is 0 Å². The maximum absolute atomic E-state index is 5.29. The Morgan fingerprint density at radius 1 is 1.45 bits per heavy atom. The quantitative estimate of drug-likeness (QED) is 0.623. The normalized spacial score (nSPS) is 10.3. The van der Waals surface area contributed by atoms with Gasteiger partial charge in [0, 0.05) is 18.0 Å². The van der Waals surface area contributed by atoms with Gasteiger partial charge in [-0.1, -0.05) is 0 Å². The molecular formula is C5H4ClN5. The van der Waals surface area contributed by atoms with Crippen molar-refractivity contribution in [2.24, 2.45) is 0 Å². The van der Waals surface area contributed by atoms with Crippen LogP contribution in [0.15, 0.2) is 12.4 Å². The van der Waals surface area contributed by atoms with Crippen molar-refractivity contribution in [3.8, 4) is 0 Å². The van der Waals surface area contributed by atoms with Gasteiger partial charge in [0.25, 0.3) is 0 Å². The summed E-state index contributed by atoms with van der Waals surface area (Å²) in [7, 11) is 0. The van der Waals surface area contributed by atoms with Crippen LogP contribution in [0.5, 0.6) is 0 Å². The Labute approximate surface area is 66.9 Å². The molecule has 0 saturated heterocycles. The number of nitrogens with zero attached hydrogens (tertiary/aromatic N) is 3. The van der Waals surface area contributed by atoms with E-state index in [4.69, 9.17) is 11.8 Å². The predicted molar refractivity (Wildman–Crippen MR) is 41.2 cm³/mol. The Morgan fingerprint density at radius 3 is 3.18 bits per heavy atom. The largest absolute Gasteiger partial charge is 0.266 e. The molecule has 0 aliphatic heterocycles. The molecule has 0 aromatic carbocycles. The number of hydrogen-bond donors (Lipinski definition) is 2. The average molecular weight is 170 g/mol. The molecule has 0 saturated carbocycles. The van der Waals surface area contributed by atoms with E-state index in [1.54, 1.807) is 12.4 Å². The first kappa shape index (κ1) is 6.36. The molecule has 0 amide bonds. The fourth-order valence-corrected chi connectivity index (χ4v) is 0.875. The third-order valence-electron chi connectivity index (χ3n) is 1.28. The van der Waals surface area contributed by atoms with Gasteiger partial charge in [0.05, 0.1) is 11.6 Å². The lowest BCUT2D eigenvalue weighted by molar-refractivity contribution is 1.09. The Kier molecular flexibility index (Phi) is 1.36. The Balaban J connectivity index is 2.67. The van der Waals surface area contributed by atoms with E-state index < -0.39 is 0 Å². The van der Waals surface area contributed by atoms with E-state index in [0.29, 0.717) is 11.6 Å². The molecule has 0 fully saturated rings. The molecule has 0 aliphatic rings. The summed E-state index contributed by atoms with van der Waals surface area (Å²) in [5.74, 6) is 0.364. The van der Waals surface area contributed by atoms with Crippen molar-refractivity contribution in [1.82, 2.24) is 20.2 Å². The molecule has 0 aliphatic carbocycles. The number of H-pyrrole nitrogens is 1. The van der Waals surface area contributed by atoms with Gasteiger partial charge in [0.15, 0.2) is 5.65 Å². The van der Waals surface area contributed by atoms with Crippen LogP contribution in [0, 0.1) is 0 Å². The maximum atomic E-state index is 5.29. The first-order chi connectivity index (χ1) is 5.40. The second-order valence-electron chi connectivity index (χ2n) is 1.96. The number of rotatable bonds is 1. The van der Waals surface area contributed by atoms with Crippen molar-refractivity contribution in [1.29, 1.82) is 0 Å². The van der Waals surface area contributed by atoms with Crippen molar-refractivity contribution in [3.63, 3.8) is 0 Å². The van der Waals surface area contributed by atoms with Crippen LogP contribution in [-0.2, 0) is 0 Å². The summed E-state index contributed by atoms with van der Waals surface area (Å²) < 4.78 is 0. The second kappa shape index (κ2) is 2.35. The van der Waals surface area contributed by atoms with Crippen LogP contribution in [0.1, 0.15) is 0 Å². The van der Waals surface area contributed by atoms with Gasteiger partial charge < -0.3 is 0 Å². The van der Waals surface area contributed by atoms with E-state index >= 15 is 0 Å². The number of fused-ring (bicyclic) bond motifs is 1. The average Bonchev–Trinajstić information content (AvgIpc) is 2.50. The highest BCUT2D eigenvalue weighted by molar-refractivity contribution is 6.23. The number of nitrogens with one attached hydrogen (secondary N) is 2. The molecule has 2 aromatic rings. The van der Waals surface area contributed by atoms with Crippen LogP contribution in [-0.4, -0.2) is 20.2 Å². The molecular weight excluding hydrogens is 166 g/mol. The fourth-order valence-electron chi connectivity index (χ4n) is 0.784. The van der Waals surface area contributed by atoms with Crippen molar-refractivity contribution in [2.75, 3.05) is 4.84 Å². The van der Waals surface area contributed by atoms with E-state index in [9.17, 15) is 0 Å². The number of hydrogen-bond acceptors (Lipinski definition) is 4. The highest BCUT2D eigenvalue weighted by Crippen LogP contribution is 2.08. The smallest absolute Gasteiger partial charge is 0.239 e. The van der Waals surface area contributed by atoms with Crippen LogP contribution in [0.2, 0.25) is 0 Å². The third-order valence-corrected chi connectivity index (χ3v) is 1.44. The van der Waals surface area contributed by atoms with Gasteiger partial charge in [0.1, 0.15) is 0 Å². The summed E-state index contributed by atoms with van der Waals surface area (Å²) in [6.07, 6.45) is 3.28. The lowest BCUT2D eigenvalue weighted by atomic mass is 10.4. The molecule has 2 rings (SSSR count). The molecule has 2 N–H and O–H groups in total. The minimum atomic E-state index is 0.364. The van der Waals surface area contributed by atoms with Crippen molar-refractivity contribution in [3.05, 3.63) is 12.4 Å². The molecule has 0 radical (unpaired) electrons. The number of anilines is 1. The van der Waals surface area contributed by atoms with E-state index in [0.717, 1.165) is 5.39 Å². The second-order valence-corrected chi connectivity index (χ2v) is 2.15. The minimum Gasteiger partial charge on any atom is -0.266 e. The fraction of sp³-hybridized carbons (Fsp3) is 0. The molecule has 0 atom stereocenters. The lowest BCUT2D eigenvalue weighted by Gasteiger charge is -1.92. The summed E-state index contributed by atoms with van der Waals surface area (Å²) in [6.45, 7) is 0. The molecule has 0 unspecified atom stereocenters. The van der Waals surface area contributed by atoms with Gasteiger partial charge in [-0.25, -0.2) is 4.98 Å². The highest BCUT2D eigenvalue weighted by Gasteiger charge is 1.98. The summed E-state index contributed by atoms with van der Waals surface area (Å²) in [5.41, 5.74) is 0.670. The molecule has 6 heteroatoms. The van der Waals surface area contributed by atoms with Crippen LogP contribution >= 0.6 is 11.8 Å². The van der Waals surface area contributed by atoms with Crippen molar-refractivity contribution < 1.29 is 0 Å². The predicted octanol–water partition coefficient (Wildman–Crippen LogP) is 0.919. The first-order valence-corrected chi connectivity index (χ1v) is 3.31. The van der Waals surface area contributed by atoms with Gasteiger partial charge in [-0.15, -0.1) is 0 Å². The summed E-state index contributed by atoms with van der Waals surface area (Å²) >= 11 is 5.29. The molecule has 2 aromatic heterocycles. The first-order valence-electron chi connectivity index (χ1n) is 2.93. The molecule has 2 heterocycles. The van der Waals surface area contributed by atoms with Crippen molar-refractivity contribution >= 4 is 28.8 Å². The zero-order valence-corrected chi connectivity index (χ0v) is 6.13. The van der Waals surface area contributed by atoms with Crippen molar-refractivity contribution in [2.45, 2.75) is 0 Å². The molecule has 5 nitrogen and oxygen atoms in total. The number of aromatic amines is 1. The molecule has 11 heavy (non-hydrogen) atoms. The van der Waals surface area contributed by atoms with Gasteiger partial charge in [-0.2, -0.15) is 10.1 Å². The maximum Gasteiger partial charge on any atom is 0.239 e. The molecule has 0 bridgehead atoms. The zero-order chi connectivity index (χ0) is 7.68. The zero-order valence-electron chi connectivity index (χ0n) is 5.37. The van der Waals surface area contributed by atoms with E-state index in [1.165, 1.54) is 0 Å². The Bertz CT molecular complexity index is 370. The van der Waals surface area contributed by atoms with Gasteiger partial charge in [0.2, 0.25) is 5.95 Å². The molecule has 0 spiro atoms. The molecule has 56 valence electrons. The standard InChI is InChI=1S/C5H4ClN5/c6-10-5-7-1-3-2-8-11-4(3)9-5/h1-2H,(H2,7,8,9,10,11). The third kappa shape index (κ3) is 0.988. The van der Waals surface area contributed by atoms with Crippen LogP contribution in [0.4, 0.5) is 5.95 Å².